The number of aromatic hydroxyl groups is 1. The van der Waals surface area contributed by atoms with E-state index in [1.807, 2.05) is 27.7 Å². The molecule has 0 saturated carbocycles. The summed E-state index contributed by atoms with van der Waals surface area (Å²) in [6.45, 7) is 7.36. The van der Waals surface area contributed by atoms with Crippen LogP contribution in [-0.2, 0) is 14.1 Å². The highest BCUT2D eigenvalue weighted by Gasteiger charge is 2.54. The van der Waals surface area contributed by atoms with Gasteiger partial charge in [-0.1, -0.05) is 15.9 Å². The fourth-order valence-electron chi connectivity index (χ4n) is 2.46. The fraction of sp³-hybridized carbons (Fsp3) is 0.533. The minimum atomic E-state index is -1.09. The molecule has 8 heteroatoms. The average Bonchev–Trinajstić information content (AvgIpc) is 2.60. The summed E-state index contributed by atoms with van der Waals surface area (Å²) in [5, 5.41) is 19.2. The Morgan fingerprint density at radius 1 is 1.30 bits per heavy atom. The number of phenols is 1. The molecule has 2 rings (SSSR count). The Bertz CT molecular complexity index is 619. The third kappa shape index (κ3) is 3.54. The highest BCUT2D eigenvalue weighted by molar-refractivity contribution is 9.10. The Hall–Kier alpha value is -1.12. The van der Waals surface area contributed by atoms with Gasteiger partial charge < -0.3 is 19.5 Å². The molecule has 2 N–H and O–H groups in total. The monoisotopic (exact) mass is 388 g/mol. The van der Waals surface area contributed by atoms with Gasteiger partial charge in [0, 0.05) is 10.3 Å². The van der Waals surface area contributed by atoms with Gasteiger partial charge in [0.15, 0.2) is 11.6 Å². The highest BCUT2D eigenvalue weighted by atomic mass is 79.9. The number of hydrogen-bond donors (Lipinski definition) is 2. The molecule has 1 aromatic rings. The molecular formula is C15H19BBrFO5. The number of hydrogen-bond acceptors (Lipinski definition) is 4. The topological polar surface area (TPSA) is 76.0 Å². The van der Waals surface area contributed by atoms with Crippen molar-refractivity contribution in [3.63, 3.8) is 0 Å². The second kappa shape index (κ2) is 6.07. The lowest BCUT2D eigenvalue weighted by molar-refractivity contribution is -0.137. The lowest BCUT2D eigenvalue weighted by Gasteiger charge is -2.32. The highest BCUT2D eigenvalue weighted by Crippen LogP contribution is 2.44. The van der Waals surface area contributed by atoms with Gasteiger partial charge in [-0.3, -0.25) is 4.79 Å². The normalized spacial score (nSPS) is 20.5. The summed E-state index contributed by atoms with van der Waals surface area (Å²) in [6, 6.07) is 2.60. The van der Waals surface area contributed by atoms with Gasteiger partial charge >= 0.3 is 13.1 Å². The Morgan fingerprint density at radius 2 is 1.83 bits per heavy atom. The molecule has 1 atom stereocenters. The molecule has 0 aromatic heterocycles. The van der Waals surface area contributed by atoms with Gasteiger partial charge in [-0.25, -0.2) is 4.39 Å². The molecular weight excluding hydrogens is 370 g/mol. The molecule has 1 fully saturated rings. The third-order valence-corrected chi connectivity index (χ3v) is 4.91. The van der Waals surface area contributed by atoms with E-state index in [2.05, 4.69) is 15.9 Å². The van der Waals surface area contributed by atoms with E-state index in [9.17, 15) is 19.4 Å². The van der Waals surface area contributed by atoms with E-state index in [-0.39, 0.29) is 12.0 Å². The zero-order chi connectivity index (χ0) is 17.6. The van der Waals surface area contributed by atoms with Crippen LogP contribution in [0.3, 0.4) is 0 Å². The van der Waals surface area contributed by atoms with Crippen molar-refractivity contribution in [1.82, 2.24) is 0 Å². The average molecular weight is 389 g/mol. The smallest absolute Gasteiger partial charge is 0.466 e. The molecule has 0 amide bonds. The zero-order valence-corrected chi connectivity index (χ0v) is 15.0. The number of carboxylic acids is 1. The molecule has 0 radical (unpaired) electrons. The summed E-state index contributed by atoms with van der Waals surface area (Å²) >= 11 is 3.15. The Balaban J connectivity index is 2.46. The third-order valence-electron chi connectivity index (χ3n) is 4.45. The first kappa shape index (κ1) is 18.2. The lowest BCUT2D eigenvalue weighted by Crippen LogP contribution is -2.41. The number of halogens is 2. The quantitative estimate of drug-likeness (QED) is 0.772. The number of carboxylic acid groups (broad SMARTS) is 1. The molecule has 126 valence electrons. The number of aliphatic carboxylic acids is 1. The maximum Gasteiger partial charge on any atom is 0.466 e. The minimum absolute atomic E-state index is 0.137. The van der Waals surface area contributed by atoms with Crippen molar-refractivity contribution >= 4 is 29.0 Å². The van der Waals surface area contributed by atoms with E-state index in [0.717, 1.165) is 6.07 Å². The van der Waals surface area contributed by atoms with Crippen LogP contribution >= 0.6 is 15.9 Å². The number of benzene rings is 1. The van der Waals surface area contributed by atoms with E-state index in [1.165, 1.54) is 6.07 Å². The van der Waals surface area contributed by atoms with E-state index >= 15 is 0 Å². The summed E-state index contributed by atoms with van der Waals surface area (Å²) < 4.78 is 26.0. The first-order valence-corrected chi connectivity index (χ1v) is 7.99. The summed E-state index contributed by atoms with van der Waals surface area (Å²) in [7, 11) is -0.907. The maximum absolute atomic E-state index is 13.8. The van der Waals surface area contributed by atoms with Crippen LogP contribution in [0.1, 0.15) is 45.5 Å². The Morgan fingerprint density at radius 3 is 2.30 bits per heavy atom. The van der Waals surface area contributed by atoms with Gasteiger partial charge in [0.25, 0.3) is 0 Å². The molecule has 1 saturated heterocycles. The molecule has 1 unspecified atom stereocenters. The van der Waals surface area contributed by atoms with Crippen molar-refractivity contribution in [3.8, 4) is 5.75 Å². The van der Waals surface area contributed by atoms with Crippen LogP contribution in [0, 0.1) is 5.82 Å². The van der Waals surface area contributed by atoms with Crippen LogP contribution in [0.15, 0.2) is 16.6 Å². The zero-order valence-electron chi connectivity index (χ0n) is 13.4. The number of phenolic OH excluding ortho intramolecular Hbond substituents is 1. The molecule has 23 heavy (non-hydrogen) atoms. The van der Waals surface area contributed by atoms with Gasteiger partial charge in [-0.2, -0.15) is 0 Å². The van der Waals surface area contributed by atoms with Crippen LogP contribution in [0.5, 0.6) is 5.75 Å². The molecule has 0 bridgehead atoms. The summed E-state index contributed by atoms with van der Waals surface area (Å²) in [5.41, 5.74) is -1.18. The first-order valence-electron chi connectivity index (χ1n) is 7.20. The van der Waals surface area contributed by atoms with Crippen molar-refractivity contribution in [2.24, 2.45) is 0 Å². The summed E-state index contributed by atoms with van der Waals surface area (Å²) in [6.07, 6.45) is -0.361. The molecule has 1 aliphatic heterocycles. The molecule has 1 heterocycles. The van der Waals surface area contributed by atoms with Crippen LogP contribution in [0.2, 0.25) is 0 Å². The van der Waals surface area contributed by atoms with Crippen LogP contribution in [0.25, 0.3) is 0 Å². The van der Waals surface area contributed by atoms with Crippen molar-refractivity contribution in [1.29, 1.82) is 0 Å². The molecule has 0 spiro atoms. The first-order chi connectivity index (χ1) is 10.4. The second-order valence-electron chi connectivity index (χ2n) is 6.65. The number of rotatable bonds is 4. The summed E-state index contributed by atoms with van der Waals surface area (Å²) in [4.78, 5) is 11.2. The van der Waals surface area contributed by atoms with Gasteiger partial charge in [-0.05, 0) is 45.4 Å². The van der Waals surface area contributed by atoms with Crippen LogP contribution in [0.4, 0.5) is 4.39 Å². The van der Waals surface area contributed by atoms with E-state index < -0.39 is 41.7 Å². The number of carbonyl (C=O) groups is 1. The molecule has 1 aliphatic rings. The van der Waals surface area contributed by atoms with Gasteiger partial charge in [0.1, 0.15) is 0 Å². The van der Waals surface area contributed by atoms with Crippen molar-refractivity contribution < 1.29 is 28.7 Å². The van der Waals surface area contributed by atoms with E-state index in [1.54, 1.807) is 0 Å². The van der Waals surface area contributed by atoms with E-state index in [0.29, 0.717) is 4.47 Å². The van der Waals surface area contributed by atoms with E-state index in [4.69, 9.17) is 9.31 Å². The van der Waals surface area contributed by atoms with Gasteiger partial charge in [0.2, 0.25) is 0 Å². The summed E-state index contributed by atoms with van der Waals surface area (Å²) in [5.74, 6) is -3.36. The predicted octanol–water partition coefficient (Wildman–Crippen LogP) is 3.48. The minimum Gasteiger partial charge on any atom is -0.505 e. The van der Waals surface area contributed by atoms with Crippen LogP contribution in [-0.4, -0.2) is 34.5 Å². The fourth-order valence-corrected chi connectivity index (χ4v) is 2.91. The van der Waals surface area contributed by atoms with Gasteiger partial charge in [0.05, 0.1) is 17.6 Å². The van der Waals surface area contributed by atoms with Crippen molar-refractivity contribution in [3.05, 3.63) is 28.0 Å². The predicted molar refractivity (Wildman–Crippen MR) is 86.8 cm³/mol. The standard InChI is InChI=1S/C15H19BBrFO5/c1-14(2)15(3,4)23-16(22-14)10(7-12(19)20)9-5-8(17)6-11(18)13(9)21/h5-6,10,21H,7H2,1-4H3,(H,19,20). The SMILES string of the molecule is CC1(C)OB(C(CC(=O)O)c2cc(Br)cc(F)c2O)OC1(C)C. The second-order valence-corrected chi connectivity index (χ2v) is 7.57. The Kier molecular flexibility index (Phi) is 4.81. The maximum atomic E-state index is 13.8. The molecule has 5 nitrogen and oxygen atoms in total. The largest absolute Gasteiger partial charge is 0.505 e. The lowest BCUT2D eigenvalue weighted by atomic mass is 9.66. The van der Waals surface area contributed by atoms with Crippen molar-refractivity contribution in [2.45, 2.75) is 51.1 Å². The van der Waals surface area contributed by atoms with Gasteiger partial charge in [-0.15, -0.1) is 0 Å². The molecule has 0 aliphatic carbocycles. The van der Waals surface area contributed by atoms with Crippen molar-refractivity contribution in [2.75, 3.05) is 0 Å². The Labute approximate surface area is 143 Å². The molecule has 1 aromatic carbocycles. The van der Waals surface area contributed by atoms with Crippen LogP contribution < -0.4 is 0 Å².